The first-order chi connectivity index (χ1) is 15.8. The molecule has 2 aromatic carbocycles. The number of halogens is 1. The van der Waals surface area contributed by atoms with Crippen molar-refractivity contribution in [2.24, 2.45) is 0 Å². The van der Waals surface area contributed by atoms with E-state index in [9.17, 15) is 18.0 Å². The van der Waals surface area contributed by atoms with Crippen molar-refractivity contribution >= 4 is 39.3 Å². The highest BCUT2D eigenvalue weighted by Crippen LogP contribution is 2.26. The Morgan fingerprint density at radius 2 is 1.55 bits per heavy atom. The van der Waals surface area contributed by atoms with E-state index in [0.717, 1.165) is 4.31 Å². The molecule has 0 aliphatic carbocycles. The van der Waals surface area contributed by atoms with Gasteiger partial charge >= 0.3 is 6.09 Å². The molecule has 0 unspecified atom stereocenters. The van der Waals surface area contributed by atoms with Gasteiger partial charge in [0.1, 0.15) is 12.3 Å². The Morgan fingerprint density at radius 3 is 2.09 bits per heavy atom. The van der Waals surface area contributed by atoms with Crippen LogP contribution in [0.4, 0.5) is 10.5 Å². The third-order valence-corrected chi connectivity index (χ3v) is 7.24. The van der Waals surface area contributed by atoms with Gasteiger partial charge in [0.05, 0.1) is 24.3 Å². The van der Waals surface area contributed by atoms with Crippen LogP contribution in [0, 0.1) is 0 Å². The topological polar surface area (TPSA) is 96.5 Å². The molecule has 0 radical (unpaired) electrons. The highest BCUT2D eigenvalue weighted by Gasteiger charge is 2.31. The van der Waals surface area contributed by atoms with Gasteiger partial charge in [-0.15, -0.1) is 0 Å². The highest BCUT2D eigenvalue weighted by atomic mass is 35.5. The number of hydrogen-bond acceptors (Lipinski definition) is 6. The van der Waals surface area contributed by atoms with E-state index >= 15 is 0 Å². The number of carbonyl (C=O) groups excluding carboxylic acids is 2. The number of hydrogen-bond donors (Lipinski definition) is 0. The SMILES string of the molecule is CCOC(=O)N1CCN(C(=O)CN(c2ccc(Cl)cc2)S(=O)(=O)c2ccc(OC)cc2)CC1. The Bertz CT molecular complexity index is 1070. The van der Waals surface area contributed by atoms with Crippen LogP contribution in [0.15, 0.2) is 53.4 Å². The van der Waals surface area contributed by atoms with E-state index < -0.39 is 22.7 Å². The third-order valence-electron chi connectivity index (χ3n) is 5.20. The highest BCUT2D eigenvalue weighted by molar-refractivity contribution is 7.92. The molecular weight excluding hydrogens is 470 g/mol. The standard InChI is InChI=1S/C22H26ClN3O6S/c1-3-32-22(28)25-14-12-24(13-15-25)21(27)16-26(18-6-4-17(23)5-7-18)33(29,30)20-10-8-19(31-2)9-11-20/h4-11H,3,12-16H2,1-2H3. The number of ether oxygens (including phenoxy) is 2. The second kappa shape index (κ2) is 10.8. The van der Waals surface area contributed by atoms with Gasteiger partial charge in [-0.3, -0.25) is 9.10 Å². The smallest absolute Gasteiger partial charge is 0.409 e. The van der Waals surface area contributed by atoms with Crippen molar-refractivity contribution in [3.8, 4) is 5.75 Å². The van der Waals surface area contributed by atoms with Crippen molar-refractivity contribution in [2.75, 3.05) is 50.7 Å². The zero-order valence-electron chi connectivity index (χ0n) is 18.4. The zero-order valence-corrected chi connectivity index (χ0v) is 20.0. The monoisotopic (exact) mass is 495 g/mol. The van der Waals surface area contributed by atoms with Crippen molar-refractivity contribution in [2.45, 2.75) is 11.8 Å². The molecule has 2 aromatic rings. The van der Waals surface area contributed by atoms with E-state index in [-0.39, 0.29) is 30.5 Å². The van der Waals surface area contributed by atoms with Gasteiger partial charge in [-0.1, -0.05) is 11.6 Å². The number of rotatable bonds is 7. The average molecular weight is 496 g/mol. The molecule has 0 atom stereocenters. The molecule has 1 fully saturated rings. The van der Waals surface area contributed by atoms with Crippen LogP contribution >= 0.6 is 11.6 Å². The summed E-state index contributed by atoms with van der Waals surface area (Å²) in [5.74, 6) is 0.146. The van der Waals surface area contributed by atoms with Crippen molar-refractivity contribution < 1.29 is 27.5 Å². The van der Waals surface area contributed by atoms with Crippen LogP contribution in [0.25, 0.3) is 0 Å². The first-order valence-corrected chi connectivity index (χ1v) is 12.2. The molecule has 33 heavy (non-hydrogen) atoms. The summed E-state index contributed by atoms with van der Waals surface area (Å²) in [6.45, 7) is 2.82. The predicted octanol–water partition coefficient (Wildman–Crippen LogP) is 2.84. The van der Waals surface area contributed by atoms with Crippen LogP contribution in [0.3, 0.4) is 0 Å². The maximum absolute atomic E-state index is 13.5. The number of anilines is 1. The van der Waals surface area contributed by atoms with Crippen molar-refractivity contribution in [1.29, 1.82) is 0 Å². The molecule has 0 bridgehead atoms. The lowest BCUT2D eigenvalue weighted by atomic mass is 10.3. The Labute approximate surface area is 198 Å². The van der Waals surface area contributed by atoms with Crippen molar-refractivity contribution in [1.82, 2.24) is 9.80 Å². The van der Waals surface area contributed by atoms with Gasteiger partial charge in [-0.25, -0.2) is 13.2 Å². The molecule has 1 aliphatic heterocycles. The summed E-state index contributed by atoms with van der Waals surface area (Å²) >= 11 is 5.97. The summed E-state index contributed by atoms with van der Waals surface area (Å²) in [7, 11) is -2.56. The van der Waals surface area contributed by atoms with Gasteiger partial charge in [-0.2, -0.15) is 0 Å². The molecule has 0 aromatic heterocycles. The zero-order chi connectivity index (χ0) is 24.0. The summed E-state index contributed by atoms with van der Waals surface area (Å²) in [5, 5.41) is 0.446. The summed E-state index contributed by atoms with van der Waals surface area (Å²) in [6, 6.07) is 12.2. The second-order valence-electron chi connectivity index (χ2n) is 7.23. The number of carbonyl (C=O) groups is 2. The van der Waals surface area contributed by atoms with Crippen molar-refractivity contribution in [3.63, 3.8) is 0 Å². The summed E-state index contributed by atoms with van der Waals surface area (Å²) in [4.78, 5) is 28.1. The molecule has 178 valence electrons. The van der Waals surface area contributed by atoms with Gasteiger partial charge in [0.25, 0.3) is 10.0 Å². The Balaban J connectivity index is 1.81. The first kappa shape index (κ1) is 24.7. The third kappa shape index (κ3) is 5.88. The summed E-state index contributed by atoms with van der Waals surface area (Å²) in [6.07, 6.45) is -0.422. The number of nitrogens with zero attached hydrogens (tertiary/aromatic N) is 3. The lowest BCUT2D eigenvalue weighted by Crippen LogP contribution is -2.53. The Kier molecular flexibility index (Phi) is 8.04. The predicted molar refractivity (Wildman–Crippen MR) is 124 cm³/mol. The van der Waals surface area contributed by atoms with Gasteiger partial charge in [0.15, 0.2) is 0 Å². The minimum absolute atomic E-state index is 0.0261. The minimum atomic E-state index is -4.05. The first-order valence-electron chi connectivity index (χ1n) is 10.4. The molecule has 1 aliphatic rings. The number of sulfonamides is 1. The van der Waals surface area contributed by atoms with Crippen LogP contribution in [0.2, 0.25) is 5.02 Å². The normalized spacial score (nSPS) is 14.0. The fourth-order valence-corrected chi connectivity index (χ4v) is 4.91. The fraction of sp³-hybridized carbons (Fsp3) is 0.364. The quantitative estimate of drug-likeness (QED) is 0.586. The van der Waals surface area contributed by atoms with Gasteiger partial charge in [-0.05, 0) is 55.5 Å². The molecule has 2 amide bonds. The lowest BCUT2D eigenvalue weighted by Gasteiger charge is -2.35. The molecular formula is C22H26ClN3O6S. The lowest BCUT2D eigenvalue weighted by molar-refractivity contribution is -0.131. The molecule has 11 heteroatoms. The van der Waals surface area contributed by atoms with Gasteiger partial charge in [0.2, 0.25) is 5.91 Å². The van der Waals surface area contributed by atoms with Crippen molar-refractivity contribution in [3.05, 3.63) is 53.6 Å². The van der Waals surface area contributed by atoms with E-state index in [4.69, 9.17) is 21.1 Å². The number of amides is 2. The maximum Gasteiger partial charge on any atom is 0.409 e. The van der Waals surface area contributed by atoms with E-state index in [2.05, 4.69) is 0 Å². The number of piperazine rings is 1. The number of methoxy groups -OCH3 is 1. The van der Waals surface area contributed by atoms with Crippen LogP contribution in [-0.4, -0.2) is 76.7 Å². The average Bonchev–Trinajstić information content (AvgIpc) is 2.83. The van der Waals surface area contributed by atoms with E-state index in [1.807, 2.05) is 0 Å². The maximum atomic E-state index is 13.5. The number of benzene rings is 2. The van der Waals surface area contributed by atoms with Gasteiger partial charge in [0, 0.05) is 31.2 Å². The summed E-state index contributed by atoms with van der Waals surface area (Å²) < 4.78 is 38.1. The van der Waals surface area contributed by atoms with E-state index in [1.54, 1.807) is 48.2 Å². The van der Waals surface area contributed by atoms with Crippen LogP contribution in [0.1, 0.15) is 6.92 Å². The Morgan fingerprint density at radius 1 is 0.970 bits per heavy atom. The Hall–Kier alpha value is -2.98. The summed E-state index contributed by atoms with van der Waals surface area (Å²) in [5.41, 5.74) is 0.314. The second-order valence-corrected chi connectivity index (χ2v) is 9.53. The van der Waals surface area contributed by atoms with E-state index in [1.165, 1.54) is 24.1 Å². The van der Waals surface area contributed by atoms with Crippen LogP contribution in [0.5, 0.6) is 5.75 Å². The molecule has 0 spiro atoms. The molecule has 1 saturated heterocycles. The van der Waals surface area contributed by atoms with Gasteiger partial charge < -0.3 is 19.3 Å². The fourth-order valence-electron chi connectivity index (χ4n) is 3.37. The van der Waals surface area contributed by atoms with Crippen LogP contribution < -0.4 is 9.04 Å². The van der Waals surface area contributed by atoms with E-state index in [0.29, 0.717) is 29.5 Å². The molecule has 0 N–H and O–H groups in total. The minimum Gasteiger partial charge on any atom is -0.497 e. The molecule has 3 rings (SSSR count). The van der Waals surface area contributed by atoms with Crippen LogP contribution in [-0.2, 0) is 19.6 Å². The largest absolute Gasteiger partial charge is 0.497 e. The molecule has 1 heterocycles. The molecule has 9 nitrogen and oxygen atoms in total. The molecule has 0 saturated carbocycles.